The molecule has 9 nitrogen and oxygen atoms in total. The van der Waals surface area contributed by atoms with Crippen LogP contribution in [0.25, 0.3) is 0 Å². The number of nitrogens with zero attached hydrogens (tertiary/aromatic N) is 1. The van der Waals surface area contributed by atoms with E-state index in [9.17, 15) is 0 Å². The zero-order chi connectivity index (χ0) is 24.7. The van der Waals surface area contributed by atoms with Gasteiger partial charge in [-0.15, -0.1) is 0 Å². The van der Waals surface area contributed by atoms with Gasteiger partial charge in [0.1, 0.15) is 23.0 Å². The Morgan fingerprint density at radius 1 is 0.639 bits per heavy atom. The van der Waals surface area contributed by atoms with Crippen LogP contribution in [0.5, 0.6) is 0 Å². The minimum absolute atomic E-state index is 0.377. The third kappa shape index (κ3) is 3.47. The number of hydrogen-bond acceptors (Lipinski definition) is 9. The van der Waals surface area contributed by atoms with E-state index in [2.05, 4.69) is 4.90 Å². The predicted molar refractivity (Wildman–Crippen MR) is 133 cm³/mol. The second-order valence-electron chi connectivity index (χ2n) is 11.7. The summed E-state index contributed by atoms with van der Waals surface area (Å²) >= 11 is 0. The van der Waals surface area contributed by atoms with Crippen molar-refractivity contribution in [2.24, 2.45) is 11.5 Å². The topological polar surface area (TPSA) is 111 Å². The number of hydrogen-bond donors (Lipinski definition) is 2. The second-order valence-corrected chi connectivity index (χ2v) is 11.7. The Balaban J connectivity index is 1.57. The average Bonchev–Trinajstić information content (AvgIpc) is 3.67. The Morgan fingerprint density at radius 2 is 1.25 bits per heavy atom. The zero-order valence-corrected chi connectivity index (χ0v) is 22.0. The lowest BCUT2D eigenvalue weighted by Crippen LogP contribution is -2.83. The minimum Gasteiger partial charge on any atom is -0.372 e. The van der Waals surface area contributed by atoms with Crippen molar-refractivity contribution >= 4 is 0 Å². The highest BCUT2D eigenvalue weighted by atomic mass is 16.6. The maximum absolute atomic E-state index is 7.17. The summed E-state index contributed by atoms with van der Waals surface area (Å²) in [6.45, 7) is 5.47. The van der Waals surface area contributed by atoms with Crippen LogP contribution in [0.1, 0.15) is 83.5 Å². The number of nitrogens with two attached hydrogens (primary N) is 2. The Bertz CT molecular complexity index is 761. The molecular weight excluding hydrogens is 462 g/mol. The van der Waals surface area contributed by atoms with Crippen LogP contribution in [0.4, 0.5) is 0 Å². The highest BCUT2D eigenvalue weighted by molar-refractivity contribution is 5.22. The van der Waals surface area contributed by atoms with E-state index in [-0.39, 0.29) is 5.60 Å². The van der Waals surface area contributed by atoms with Crippen molar-refractivity contribution in [3.05, 3.63) is 0 Å². The van der Waals surface area contributed by atoms with Gasteiger partial charge in [0, 0.05) is 46.2 Å². The maximum atomic E-state index is 7.17. The quantitative estimate of drug-likeness (QED) is 0.592. The first-order valence-electron chi connectivity index (χ1n) is 14.7. The first-order chi connectivity index (χ1) is 17.6. The van der Waals surface area contributed by atoms with Gasteiger partial charge in [-0.05, 0) is 90.0 Å². The molecule has 0 aromatic rings. The van der Waals surface area contributed by atoms with Gasteiger partial charge in [0.2, 0.25) is 0 Å². The lowest BCUT2D eigenvalue weighted by Gasteiger charge is -2.66. The molecule has 206 valence electrons. The molecule has 36 heavy (non-hydrogen) atoms. The lowest BCUT2D eigenvalue weighted by atomic mass is 9.66. The summed E-state index contributed by atoms with van der Waals surface area (Å²) in [4.78, 5) is 2.52. The van der Waals surface area contributed by atoms with E-state index in [1.807, 2.05) is 0 Å². The molecule has 0 amide bonds. The van der Waals surface area contributed by atoms with Gasteiger partial charge in [0.25, 0.3) is 0 Å². The maximum Gasteiger partial charge on any atom is 0.157 e. The van der Waals surface area contributed by atoms with Crippen LogP contribution < -0.4 is 11.5 Å². The van der Waals surface area contributed by atoms with Gasteiger partial charge >= 0.3 is 0 Å². The third-order valence-electron chi connectivity index (χ3n) is 10.1. The molecule has 0 aromatic carbocycles. The second kappa shape index (κ2) is 9.99. The van der Waals surface area contributed by atoms with Crippen LogP contribution in [0, 0.1) is 0 Å². The van der Waals surface area contributed by atoms with E-state index in [0.717, 1.165) is 103 Å². The predicted octanol–water partition coefficient (Wildman–Crippen LogP) is 2.39. The Hall–Kier alpha value is -0.360. The molecule has 0 saturated carbocycles. The summed E-state index contributed by atoms with van der Waals surface area (Å²) in [5, 5.41) is 0. The lowest BCUT2D eigenvalue weighted by molar-refractivity contribution is -0.397. The van der Waals surface area contributed by atoms with Crippen molar-refractivity contribution in [3.8, 4) is 0 Å². The minimum atomic E-state index is -0.784. The number of rotatable bonds is 3. The fourth-order valence-corrected chi connectivity index (χ4v) is 8.87. The van der Waals surface area contributed by atoms with Crippen molar-refractivity contribution in [3.63, 3.8) is 0 Å². The summed E-state index contributed by atoms with van der Waals surface area (Å²) in [5.74, 6) is 0. The fourth-order valence-electron chi connectivity index (χ4n) is 8.87. The van der Waals surface area contributed by atoms with Crippen molar-refractivity contribution in [2.75, 3.05) is 52.7 Å². The Kier molecular flexibility index (Phi) is 7.19. The van der Waals surface area contributed by atoms with Gasteiger partial charge in [0.15, 0.2) is 11.4 Å². The normalized spacial score (nSPS) is 48.3. The van der Waals surface area contributed by atoms with Crippen LogP contribution in [0.15, 0.2) is 0 Å². The number of fused-ring (bicyclic) bond motifs is 3. The van der Waals surface area contributed by atoms with Crippen LogP contribution in [-0.2, 0) is 28.4 Å². The molecule has 0 aliphatic carbocycles. The molecule has 0 radical (unpaired) electrons. The molecule has 6 atom stereocenters. The molecule has 6 rings (SSSR count). The summed E-state index contributed by atoms with van der Waals surface area (Å²) in [5.41, 5.74) is 9.81. The monoisotopic (exact) mass is 509 g/mol. The zero-order valence-electron chi connectivity index (χ0n) is 22.0. The standard InChI is InChI=1S/C27H47N3O6/c28-14-7-15-30-26(12-5-18-33-24(26)10-3-16-31-22(24)29)35-20-2-9-23(8-1-17-32-23)25(11-4-19-34-25)27(30)13-6-21-36-27/h22H,1-21,28-29H2. The van der Waals surface area contributed by atoms with Crippen LogP contribution in [0.3, 0.4) is 0 Å². The van der Waals surface area contributed by atoms with Crippen molar-refractivity contribution in [2.45, 2.75) is 118 Å². The molecule has 6 fully saturated rings. The molecule has 6 aliphatic rings. The molecule has 9 heteroatoms. The first kappa shape index (κ1) is 25.9. The fraction of sp³-hybridized carbons (Fsp3) is 1.00. The van der Waals surface area contributed by atoms with Gasteiger partial charge in [-0.1, -0.05) is 0 Å². The molecule has 6 saturated heterocycles. The van der Waals surface area contributed by atoms with E-state index in [4.69, 9.17) is 39.9 Å². The molecule has 4 N–H and O–H groups in total. The van der Waals surface area contributed by atoms with Crippen LogP contribution in [0.2, 0.25) is 0 Å². The van der Waals surface area contributed by atoms with Gasteiger partial charge in [0.05, 0.1) is 0 Å². The Labute approximate surface area is 215 Å². The molecule has 6 unspecified atom stereocenters. The van der Waals surface area contributed by atoms with Crippen molar-refractivity contribution in [1.82, 2.24) is 4.90 Å². The van der Waals surface area contributed by atoms with Crippen LogP contribution in [-0.4, -0.2) is 92.1 Å². The molecule has 0 bridgehead atoms. The van der Waals surface area contributed by atoms with E-state index in [0.29, 0.717) is 33.0 Å². The van der Waals surface area contributed by atoms with E-state index in [1.54, 1.807) is 0 Å². The average molecular weight is 510 g/mol. The number of ether oxygens (including phenoxy) is 6. The Morgan fingerprint density at radius 3 is 1.89 bits per heavy atom. The van der Waals surface area contributed by atoms with E-state index >= 15 is 0 Å². The molecule has 6 heterocycles. The first-order valence-corrected chi connectivity index (χ1v) is 14.7. The summed E-state index contributed by atoms with van der Waals surface area (Å²) < 4.78 is 40.9. The summed E-state index contributed by atoms with van der Waals surface area (Å²) in [6, 6.07) is 0. The molecule has 5 spiro atoms. The molecular formula is C27H47N3O6. The van der Waals surface area contributed by atoms with E-state index < -0.39 is 28.9 Å². The van der Waals surface area contributed by atoms with Crippen molar-refractivity contribution in [1.29, 1.82) is 0 Å². The summed E-state index contributed by atoms with van der Waals surface area (Å²) in [6.07, 6.45) is 11.4. The third-order valence-corrected chi connectivity index (χ3v) is 10.1. The molecule has 0 aromatic heterocycles. The van der Waals surface area contributed by atoms with E-state index in [1.165, 1.54) is 0 Å². The highest BCUT2D eigenvalue weighted by Gasteiger charge is 2.76. The highest BCUT2D eigenvalue weighted by Crippen LogP contribution is 2.61. The summed E-state index contributed by atoms with van der Waals surface area (Å²) in [7, 11) is 0. The largest absolute Gasteiger partial charge is 0.372 e. The van der Waals surface area contributed by atoms with Gasteiger partial charge in [-0.25, -0.2) is 4.90 Å². The van der Waals surface area contributed by atoms with Gasteiger partial charge in [-0.3, -0.25) is 0 Å². The van der Waals surface area contributed by atoms with Crippen molar-refractivity contribution < 1.29 is 28.4 Å². The smallest absolute Gasteiger partial charge is 0.157 e. The SMILES string of the molecule is NCCCN1C2(CCCOC23CCCOC3N)OCCCC2(CCCO2)C2(CCCO2)C12CCCO2. The van der Waals surface area contributed by atoms with Crippen LogP contribution >= 0.6 is 0 Å². The van der Waals surface area contributed by atoms with Gasteiger partial charge in [-0.2, -0.15) is 0 Å². The molecule has 6 aliphatic heterocycles. The van der Waals surface area contributed by atoms with Gasteiger partial charge < -0.3 is 39.9 Å².